The Morgan fingerprint density at radius 1 is 1.29 bits per heavy atom. The van der Waals surface area contributed by atoms with E-state index in [-0.39, 0.29) is 5.91 Å². The fourth-order valence-corrected chi connectivity index (χ4v) is 4.12. The fourth-order valence-electron chi connectivity index (χ4n) is 3.18. The lowest BCUT2D eigenvalue weighted by Crippen LogP contribution is -2.28. The minimum atomic E-state index is 0.0943. The van der Waals surface area contributed by atoms with Crippen LogP contribution < -0.4 is 0 Å². The first-order valence-electron chi connectivity index (χ1n) is 8.67. The van der Waals surface area contributed by atoms with Gasteiger partial charge in [0, 0.05) is 30.6 Å². The first-order chi connectivity index (χ1) is 11.6. The maximum absolute atomic E-state index is 12.5. The van der Waals surface area contributed by atoms with Gasteiger partial charge in [-0.1, -0.05) is 12.1 Å². The molecule has 3 nitrogen and oxygen atoms in total. The molecule has 1 saturated heterocycles. The van der Waals surface area contributed by atoms with Gasteiger partial charge < -0.3 is 9.64 Å². The molecule has 128 valence electrons. The van der Waals surface area contributed by atoms with Crippen LogP contribution in [0.5, 0.6) is 0 Å². The molecule has 1 aromatic heterocycles. The number of amides is 1. The molecule has 1 fully saturated rings. The minimum Gasteiger partial charge on any atom is -0.378 e. The number of nitrogens with zero attached hydrogens (tertiary/aromatic N) is 1. The third kappa shape index (κ3) is 4.05. The molecular weight excluding hydrogens is 318 g/mol. The predicted molar refractivity (Wildman–Crippen MR) is 99.7 cm³/mol. The van der Waals surface area contributed by atoms with Crippen LogP contribution in [0.3, 0.4) is 0 Å². The summed E-state index contributed by atoms with van der Waals surface area (Å²) in [6.07, 6.45) is 4.80. The van der Waals surface area contributed by atoms with Crippen molar-refractivity contribution in [2.75, 3.05) is 20.2 Å². The van der Waals surface area contributed by atoms with Gasteiger partial charge in [0.25, 0.3) is 5.91 Å². The molecule has 24 heavy (non-hydrogen) atoms. The van der Waals surface area contributed by atoms with Crippen molar-refractivity contribution in [3.63, 3.8) is 0 Å². The number of carbonyl (C=O) groups excluding carboxylic acids is 1. The van der Waals surface area contributed by atoms with E-state index in [9.17, 15) is 4.79 Å². The minimum absolute atomic E-state index is 0.0943. The largest absolute Gasteiger partial charge is 0.378 e. The Labute approximate surface area is 148 Å². The molecule has 0 N–H and O–H groups in total. The van der Waals surface area contributed by atoms with Crippen LogP contribution >= 0.6 is 11.3 Å². The van der Waals surface area contributed by atoms with Crippen molar-refractivity contribution in [1.29, 1.82) is 0 Å². The van der Waals surface area contributed by atoms with Gasteiger partial charge in [-0.15, -0.1) is 11.3 Å². The second kappa shape index (κ2) is 7.95. The van der Waals surface area contributed by atoms with Crippen LogP contribution in [0.1, 0.15) is 41.6 Å². The molecule has 0 spiro atoms. The van der Waals surface area contributed by atoms with Gasteiger partial charge in [-0.25, -0.2) is 0 Å². The van der Waals surface area contributed by atoms with Crippen molar-refractivity contribution >= 4 is 17.2 Å². The van der Waals surface area contributed by atoms with Crippen molar-refractivity contribution in [3.05, 3.63) is 46.8 Å². The molecule has 4 heteroatoms. The number of benzene rings is 1. The standard InChI is InChI=1S/C20H25NO2S/c1-15-11-14-24-19(15)16-7-9-17(10-8-16)20(22)21(2)12-3-5-18-6-4-13-23-18/h7-11,14,18H,3-6,12-13H2,1-2H3. The first kappa shape index (κ1) is 17.2. The lowest BCUT2D eigenvalue weighted by atomic mass is 10.1. The summed E-state index contributed by atoms with van der Waals surface area (Å²) in [5.41, 5.74) is 3.22. The monoisotopic (exact) mass is 343 g/mol. The Bertz CT molecular complexity index is 671. The van der Waals surface area contributed by atoms with E-state index in [2.05, 4.69) is 18.4 Å². The van der Waals surface area contributed by atoms with Crippen molar-refractivity contribution in [1.82, 2.24) is 4.90 Å². The fraction of sp³-hybridized carbons (Fsp3) is 0.450. The maximum atomic E-state index is 12.5. The van der Waals surface area contributed by atoms with E-state index >= 15 is 0 Å². The van der Waals surface area contributed by atoms with Crippen LogP contribution in [0.25, 0.3) is 10.4 Å². The molecule has 1 atom stereocenters. The summed E-state index contributed by atoms with van der Waals surface area (Å²) in [7, 11) is 1.88. The van der Waals surface area contributed by atoms with Crippen LogP contribution in [0.4, 0.5) is 0 Å². The molecule has 1 aliphatic heterocycles. The Hall–Kier alpha value is -1.65. The van der Waals surface area contributed by atoms with Crippen molar-refractivity contribution in [2.24, 2.45) is 0 Å². The average molecular weight is 343 g/mol. The molecule has 2 heterocycles. The van der Waals surface area contributed by atoms with Crippen molar-refractivity contribution in [2.45, 2.75) is 38.7 Å². The van der Waals surface area contributed by atoms with Crippen LogP contribution in [-0.2, 0) is 4.74 Å². The van der Waals surface area contributed by atoms with E-state index in [4.69, 9.17) is 4.74 Å². The first-order valence-corrected chi connectivity index (χ1v) is 9.54. The van der Waals surface area contributed by atoms with Crippen molar-refractivity contribution < 1.29 is 9.53 Å². The van der Waals surface area contributed by atoms with Gasteiger partial charge in [0.2, 0.25) is 0 Å². The van der Waals surface area contributed by atoms with E-state index in [0.29, 0.717) is 6.10 Å². The topological polar surface area (TPSA) is 29.5 Å². The smallest absolute Gasteiger partial charge is 0.253 e. The highest BCUT2D eigenvalue weighted by molar-refractivity contribution is 7.13. The second-order valence-electron chi connectivity index (χ2n) is 6.51. The third-order valence-electron chi connectivity index (χ3n) is 4.65. The van der Waals surface area contributed by atoms with Crippen LogP contribution in [0.15, 0.2) is 35.7 Å². The Balaban J connectivity index is 1.55. The molecule has 0 radical (unpaired) electrons. The zero-order valence-electron chi connectivity index (χ0n) is 14.5. The Kier molecular flexibility index (Phi) is 5.69. The normalized spacial score (nSPS) is 17.2. The van der Waals surface area contributed by atoms with Gasteiger partial charge in [0.1, 0.15) is 0 Å². The summed E-state index contributed by atoms with van der Waals surface area (Å²) < 4.78 is 5.64. The highest BCUT2D eigenvalue weighted by Gasteiger charge is 2.16. The van der Waals surface area contributed by atoms with Gasteiger partial charge in [-0.3, -0.25) is 4.79 Å². The van der Waals surface area contributed by atoms with Crippen LogP contribution in [0.2, 0.25) is 0 Å². The number of carbonyl (C=O) groups is 1. The number of ether oxygens (including phenoxy) is 1. The SMILES string of the molecule is Cc1ccsc1-c1ccc(C(=O)N(C)CCCC2CCCO2)cc1. The summed E-state index contributed by atoms with van der Waals surface area (Å²) >= 11 is 1.74. The van der Waals surface area contributed by atoms with Crippen molar-refractivity contribution in [3.8, 4) is 10.4 Å². The highest BCUT2D eigenvalue weighted by Crippen LogP contribution is 2.29. The molecule has 1 aliphatic rings. The van der Waals surface area contributed by atoms with E-state index in [0.717, 1.165) is 31.6 Å². The lowest BCUT2D eigenvalue weighted by molar-refractivity contribution is 0.0763. The quantitative estimate of drug-likeness (QED) is 0.757. The maximum Gasteiger partial charge on any atom is 0.253 e. The lowest BCUT2D eigenvalue weighted by Gasteiger charge is -2.18. The van der Waals surface area contributed by atoms with E-state index in [1.165, 1.54) is 28.8 Å². The number of hydrogen-bond acceptors (Lipinski definition) is 3. The molecular formula is C20H25NO2S. The van der Waals surface area contributed by atoms with E-state index in [1.807, 2.05) is 36.2 Å². The molecule has 1 aromatic carbocycles. The average Bonchev–Trinajstić information content (AvgIpc) is 3.26. The molecule has 0 saturated carbocycles. The van der Waals surface area contributed by atoms with E-state index < -0.39 is 0 Å². The zero-order chi connectivity index (χ0) is 16.9. The molecule has 0 bridgehead atoms. The summed E-state index contributed by atoms with van der Waals surface area (Å²) in [6.45, 7) is 3.80. The molecule has 3 rings (SSSR count). The number of aryl methyl sites for hydroxylation is 1. The zero-order valence-corrected chi connectivity index (χ0v) is 15.3. The number of hydrogen-bond donors (Lipinski definition) is 0. The van der Waals surface area contributed by atoms with Crippen LogP contribution in [0, 0.1) is 6.92 Å². The molecule has 0 aliphatic carbocycles. The van der Waals surface area contributed by atoms with Gasteiger partial charge >= 0.3 is 0 Å². The summed E-state index contributed by atoms with van der Waals surface area (Å²) in [5, 5.41) is 2.10. The van der Waals surface area contributed by atoms with Gasteiger partial charge in [-0.05, 0) is 67.3 Å². The van der Waals surface area contributed by atoms with Gasteiger partial charge in [-0.2, -0.15) is 0 Å². The third-order valence-corrected chi connectivity index (χ3v) is 5.71. The Morgan fingerprint density at radius 2 is 2.08 bits per heavy atom. The highest BCUT2D eigenvalue weighted by atomic mass is 32.1. The van der Waals surface area contributed by atoms with Gasteiger partial charge in [0.15, 0.2) is 0 Å². The summed E-state index contributed by atoms with van der Waals surface area (Å²) in [5.74, 6) is 0.0943. The van der Waals surface area contributed by atoms with E-state index in [1.54, 1.807) is 11.3 Å². The molecule has 1 unspecified atom stereocenters. The van der Waals surface area contributed by atoms with Gasteiger partial charge in [0.05, 0.1) is 6.10 Å². The molecule has 2 aromatic rings. The molecule has 1 amide bonds. The second-order valence-corrected chi connectivity index (χ2v) is 7.43. The summed E-state index contributed by atoms with van der Waals surface area (Å²) in [4.78, 5) is 15.6. The summed E-state index contributed by atoms with van der Waals surface area (Å²) in [6, 6.07) is 10.1. The number of thiophene rings is 1. The van der Waals surface area contributed by atoms with Crippen LogP contribution in [-0.4, -0.2) is 37.1 Å². The predicted octanol–water partition coefficient (Wildman–Crippen LogP) is 4.75. The Morgan fingerprint density at radius 3 is 2.71 bits per heavy atom. The number of rotatable bonds is 6.